The molecule has 10 heteroatoms. The number of hydrogen-bond acceptors (Lipinski definition) is 6. The van der Waals surface area contributed by atoms with Crippen LogP contribution >= 0.6 is 0 Å². The van der Waals surface area contributed by atoms with Gasteiger partial charge in [-0.1, -0.05) is 6.92 Å². The van der Waals surface area contributed by atoms with Gasteiger partial charge in [-0.25, -0.2) is 17.6 Å². The molecule has 29 heavy (non-hydrogen) atoms. The van der Waals surface area contributed by atoms with Crippen LogP contribution in [0.3, 0.4) is 0 Å². The molecular weight excluding hydrogens is 399 g/mol. The molecule has 8 nitrogen and oxygen atoms in total. The van der Waals surface area contributed by atoms with Crippen molar-refractivity contribution in [1.29, 1.82) is 0 Å². The van der Waals surface area contributed by atoms with Crippen molar-refractivity contribution in [1.82, 2.24) is 10.3 Å². The Kier molecular flexibility index (Phi) is 7.91. The fourth-order valence-electron chi connectivity index (χ4n) is 2.33. The molecule has 0 spiro atoms. The lowest BCUT2D eigenvalue weighted by atomic mass is 10.3. The molecule has 0 aliphatic rings. The summed E-state index contributed by atoms with van der Waals surface area (Å²) in [5, 5.41) is 7.94. The quantitative estimate of drug-likeness (QED) is 0.571. The van der Waals surface area contributed by atoms with Crippen LogP contribution in [0.2, 0.25) is 0 Å². The number of hydrogen-bond donors (Lipinski definition) is 3. The number of sulfone groups is 1. The highest BCUT2D eigenvalue weighted by Crippen LogP contribution is 2.21. The number of urea groups is 1. The molecule has 0 unspecified atom stereocenters. The van der Waals surface area contributed by atoms with Crippen molar-refractivity contribution < 1.29 is 22.3 Å². The van der Waals surface area contributed by atoms with Gasteiger partial charge in [-0.3, -0.25) is 4.98 Å². The summed E-state index contributed by atoms with van der Waals surface area (Å²) in [7, 11) is -3.13. The highest BCUT2D eigenvalue weighted by molar-refractivity contribution is 7.91. The zero-order chi connectivity index (χ0) is 21.4. The molecule has 0 saturated carbocycles. The normalized spacial score (nSPS) is 12.3. The Bertz CT molecular complexity index is 936. The van der Waals surface area contributed by atoms with Gasteiger partial charge in [0.25, 0.3) is 0 Å². The Hall–Kier alpha value is -2.72. The molecule has 0 bridgehead atoms. The summed E-state index contributed by atoms with van der Waals surface area (Å²) in [4.78, 5) is 16.2. The minimum Gasteiger partial charge on any atom is -0.489 e. The van der Waals surface area contributed by atoms with E-state index in [4.69, 9.17) is 4.74 Å². The monoisotopic (exact) mass is 424 g/mol. The predicted molar refractivity (Wildman–Crippen MR) is 110 cm³/mol. The van der Waals surface area contributed by atoms with Gasteiger partial charge in [0, 0.05) is 35.8 Å². The largest absolute Gasteiger partial charge is 0.489 e. The van der Waals surface area contributed by atoms with Crippen LogP contribution in [0.4, 0.5) is 20.6 Å². The van der Waals surface area contributed by atoms with E-state index in [2.05, 4.69) is 20.9 Å². The minimum absolute atomic E-state index is 0.0505. The molecular formula is C19H25FN4O4S. The van der Waals surface area contributed by atoms with E-state index in [0.29, 0.717) is 5.69 Å². The van der Waals surface area contributed by atoms with E-state index >= 15 is 0 Å². The van der Waals surface area contributed by atoms with Crippen LogP contribution in [-0.2, 0) is 9.84 Å². The zero-order valence-corrected chi connectivity index (χ0v) is 17.3. The second-order valence-electron chi connectivity index (χ2n) is 6.50. The number of halogens is 1. The number of nitrogens with one attached hydrogen (secondary N) is 3. The van der Waals surface area contributed by atoms with Crippen molar-refractivity contribution in [2.24, 2.45) is 0 Å². The number of anilines is 2. The number of nitrogens with zero attached hydrogens (tertiary/aromatic N) is 1. The minimum atomic E-state index is -3.13. The van der Waals surface area contributed by atoms with Crippen molar-refractivity contribution in [3.63, 3.8) is 0 Å². The first-order chi connectivity index (χ1) is 13.7. The molecule has 0 radical (unpaired) electrons. The van der Waals surface area contributed by atoms with Crippen LogP contribution in [0.5, 0.6) is 5.75 Å². The molecule has 3 N–H and O–H groups in total. The van der Waals surface area contributed by atoms with Crippen LogP contribution < -0.4 is 20.7 Å². The van der Waals surface area contributed by atoms with Gasteiger partial charge >= 0.3 is 6.03 Å². The smallest absolute Gasteiger partial charge is 0.323 e. The van der Waals surface area contributed by atoms with Crippen LogP contribution in [-0.4, -0.2) is 43.7 Å². The summed E-state index contributed by atoms with van der Waals surface area (Å²) in [6.07, 6.45) is 1.10. The van der Waals surface area contributed by atoms with Crippen molar-refractivity contribution >= 4 is 27.2 Å². The highest BCUT2D eigenvalue weighted by Gasteiger charge is 2.11. The highest BCUT2D eigenvalue weighted by atomic mass is 32.2. The van der Waals surface area contributed by atoms with E-state index in [0.717, 1.165) is 11.8 Å². The summed E-state index contributed by atoms with van der Waals surface area (Å²) in [6.45, 7) is 5.39. The number of benzene rings is 1. The summed E-state index contributed by atoms with van der Waals surface area (Å²) < 4.78 is 42.5. The number of amides is 2. The van der Waals surface area contributed by atoms with E-state index in [1.807, 2.05) is 6.92 Å². The van der Waals surface area contributed by atoms with Gasteiger partial charge in [0.2, 0.25) is 0 Å². The Labute approximate surface area is 169 Å². The standard InChI is InChI=1S/C19H25FN4O4S/c1-4-29(26,27)12-21-10-14(3)28-18-8-15(20)7-17(9-18)24-19(25)23-16-6-5-13(2)22-11-16/h5-9,11,14,21H,4,10,12H2,1-3H3,(H2,23,24,25)/t14-/m0/s1. The summed E-state index contributed by atoms with van der Waals surface area (Å²) in [5.41, 5.74) is 1.53. The molecule has 1 aromatic heterocycles. The maximum atomic E-state index is 13.9. The first-order valence-corrected chi connectivity index (χ1v) is 10.9. The molecule has 0 aliphatic heterocycles. The first-order valence-electron chi connectivity index (χ1n) is 9.06. The zero-order valence-electron chi connectivity index (χ0n) is 16.5. The Balaban J connectivity index is 1.92. The number of aryl methyl sites for hydroxylation is 1. The molecule has 1 heterocycles. The van der Waals surface area contributed by atoms with Gasteiger partial charge in [0.05, 0.1) is 17.8 Å². The van der Waals surface area contributed by atoms with E-state index in [1.54, 1.807) is 26.0 Å². The molecule has 0 saturated heterocycles. The van der Waals surface area contributed by atoms with E-state index < -0.39 is 27.8 Å². The number of pyridine rings is 1. The van der Waals surface area contributed by atoms with Gasteiger partial charge in [0.15, 0.2) is 9.84 Å². The Morgan fingerprint density at radius 1 is 1.21 bits per heavy atom. The summed E-state index contributed by atoms with van der Waals surface area (Å²) >= 11 is 0. The maximum Gasteiger partial charge on any atom is 0.323 e. The van der Waals surface area contributed by atoms with Crippen molar-refractivity contribution in [3.05, 3.63) is 48.0 Å². The average Bonchev–Trinajstić information content (AvgIpc) is 2.63. The van der Waals surface area contributed by atoms with Gasteiger partial charge in [-0.15, -0.1) is 0 Å². The van der Waals surface area contributed by atoms with Gasteiger partial charge in [-0.2, -0.15) is 0 Å². The topological polar surface area (TPSA) is 109 Å². The second kappa shape index (κ2) is 10.2. The third-order valence-corrected chi connectivity index (χ3v) is 5.35. The molecule has 2 rings (SSSR count). The van der Waals surface area contributed by atoms with Gasteiger partial charge in [0.1, 0.15) is 17.7 Å². The predicted octanol–water partition coefficient (Wildman–Crippen LogP) is 2.92. The van der Waals surface area contributed by atoms with Crippen LogP contribution in [0.25, 0.3) is 0 Å². The molecule has 158 valence electrons. The number of carbonyl (C=O) groups excluding carboxylic acids is 1. The van der Waals surface area contributed by atoms with E-state index in [9.17, 15) is 17.6 Å². The number of aromatic nitrogens is 1. The van der Waals surface area contributed by atoms with Crippen molar-refractivity contribution in [2.45, 2.75) is 26.9 Å². The SMILES string of the molecule is CCS(=O)(=O)CNC[C@H](C)Oc1cc(F)cc(NC(=O)Nc2ccc(C)nc2)c1. The molecule has 0 aliphatic carbocycles. The van der Waals surface area contributed by atoms with E-state index in [1.165, 1.54) is 18.3 Å². The molecule has 1 atom stereocenters. The van der Waals surface area contributed by atoms with E-state index in [-0.39, 0.29) is 29.6 Å². The first kappa shape index (κ1) is 22.6. The second-order valence-corrected chi connectivity index (χ2v) is 8.86. The van der Waals surface area contributed by atoms with Crippen LogP contribution in [0.15, 0.2) is 36.5 Å². The number of carbonyl (C=O) groups is 1. The Morgan fingerprint density at radius 2 is 1.93 bits per heavy atom. The molecule has 1 aromatic carbocycles. The molecule has 0 fully saturated rings. The van der Waals surface area contributed by atoms with Crippen molar-refractivity contribution in [2.75, 3.05) is 28.8 Å². The van der Waals surface area contributed by atoms with Crippen LogP contribution in [0.1, 0.15) is 19.5 Å². The summed E-state index contributed by atoms with van der Waals surface area (Å²) in [6, 6.07) is 6.74. The Morgan fingerprint density at radius 3 is 2.59 bits per heavy atom. The lowest BCUT2D eigenvalue weighted by Crippen LogP contribution is -2.33. The number of rotatable bonds is 9. The van der Waals surface area contributed by atoms with Crippen LogP contribution in [0, 0.1) is 12.7 Å². The average molecular weight is 424 g/mol. The van der Waals surface area contributed by atoms with Gasteiger partial charge in [-0.05, 0) is 32.0 Å². The van der Waals surface area contributed by atoms with Crippen molar-refractivity contribution in [3.8, 4) is 5.75 Å². The fourth-order valence-corrected chi connectivity index (χ4v) is 2.96. The third kappa shape index (κ3) is 8.04. The molecule has 2 aromatic rings. The third-order valence-electron chi connectivity index (χ3n) is 3.83. The van der Waals surface area contributed by atoms with Gasteiger partial charge < -0.3 is 20.7 Å². The lowest BCUT2D eigenvalue weighted by Gasteiger charge is -2.16. The fraction of sp³-hybridized carbons (Fsp3) is 0.368. The molecule has 2 amide bonds. The lowest BCUT2D eigenvalue weighted by molar-refractivity contribution is 0.219. The maximum absolute atomic E-state index is 13.9. The number of ether oxygens (including phenoxy) is 1. The summed E-state index contributed by atoms with van der Waals surface area (Å²) in [5.74, 6) is -0.468.